The summed E-state index contributed by atoms with van der Waals surface area (Å²) in [5.74, 6) is -1.69. The Balaban J connectivity index is 1.28. The number of nitriles is 1. The molecule has 6 rings (SSSR count). The van der Waals surface area contributed by atoms with Crippen molar-refractivity contribution in [3.05, 3.63) is 129 Å². The van der Waals surface area contributed by atoms with Crippen LogP contribution in [-0.4, -0.2) is 63.9 Å². The summed E-state index contributed by atoms with van der Waals surface area (Å²) >= 11 is 2.43. The van der Waals surface area contributed by atoms with Crippen LogP contribution in [0.15, 0.2) is 112 Å². The summed E-state index contributed by atoms with van der Waals surface area (Å²) in [7, 11) is 1.32. The minimum absolute atomic E-state index is 0.0929. The normalized spacial score (nSPS) is 17.6. The van der Waals surface area contributed by atoms with Gasteiger partial charge in [0, 0.05) is 11.1 Å². The highest BCUT2D eigenvalue weighted by atomic mass is 32.2. The van der Waals surface area contributed by atoms with E-state index >= 15 is 0 Å². The zero-order valence-corrected chi connectivity index (χ0v) is 29.4. The third-order valence-corrected chi connectivity index (χ3v) is 9.95. The number of carbonyl (C=O) groups is 3. The van der Waals surface area contributed by atoms with Gasteiger partial charge in [-0.1, -0.05) is 96.2 Å². The molecule has 0 aliphatic carbocycles. The van der Waals surface area contributed by atoms with Gasteiger partial charge in [-0.05, 0) is 37.5 Å². The number of β-lactam (4-membered cyclic amide) rings is 1. The third-order valence-electron chi connectivity index (χ3n) is 8.11. The van der Waals surface area contributed by atoms with Gasteiger partial charge in [0.2, 0.25) is 0 Å². The predicted octanol–water partition coefficient (Wildman–Crippen LogP) is 5.42. The molecule has 0 saturated carbocycles. The first-order chi connectivity index (χ1) is 24.1. The summed E-state index contributed by atoms with van der Waals surface area (Å²) in [6, 6.07) is 30.6. The molecule has 13 heteroatoms. The number of nitrogens with zero attached hydrogens (tertiary/aromatic N) is 4. The van der Waals surface area contributed by atoms with Crippen molar-refractivity contribution in [1.82, 2.24) is 15.2 Å². The van der Waals surface area contributed by atoms with Crippen LogP contribution >= 0.6 is 23.1 Å². The molecule has 1 saturated heterocycles. The van der Waals surface area contributed by atoms with Crippen molar-refractivity contribution in [2.45, 2.75) is 44.0 Å². The van der Waals surface area contributed by atoms with E-state index < -0.39 is 41.0 Å². The fourth-order valence-corrected chi connectivity index (χ4v) is 7.80. The highest BCUT2D eigenvalue weighted by molar-refractivity contribution is 8.03. The van der Waals surface area contributed by atoms with Crippen LogP contribution in [0.3, 0.4) is 0 Å². The Morgan fingerprint density at radius 1 is 0.960 bits per heavy atom. The Morgan fingerprint density at radius 2 is 1.52 bits per heavy atom. The second kappa shape index (κ2) is 14.2. The van der Waals surface area contributed by atoms with Gasteiger partial charge in [-0.3, -0.25) is 14.5 Å². The second-order valence-corrected chi connectivity index (χ2v) is 14.4. The first kappa shape index (κ1) is 34.4. The predicted molar refractivity (Wildman–Crippen MR) is 192 cm³/mol. The minimum Gasteiger partial charge on any atom is -0.455 e. The van der Waals surface area contributed by atoms with Crippen LogP contribution in [0.2, 0.25) is 0 Å². The molecule has 1 fully saturated rings. The van der Waals surface area contributed by atoms with Crippen LogP contribution in [0.4, 0.5) is 5.13 Å². The summed E-state index contributed by atoms with van der Waals surface area (Å²) in [5, 5.41) is 22.3. The lowest BCUT2D eigenvalue weighted by Crippen LogP contribution is -2.73. The summed E-state index contributed by atoms with van der Waals surface area (Å²) < 4.78 is 5.48. The van der Waals surface area contributed by atoms with Gasteiger partial charge in [0.15, 0.2) is 16.5 Å². The number of nitrogens with one attached hydrogen (secondary N) is 2. The molecule has 11 nitrogen and oxygen atoms in total. The SMILES string of the molecule is CO/N=C(\C(=O)NC1C(=O)N2C(C(=O)OC(C)(C)C)=C(C#N)SCC12)c1csc(NC(c2ccccc2)(c2ccccc2)c2ccccc2)n1. The standard InChI is InChI=1S/C37H34N6O5S2/c1-36(2,3)48-34(46)31-28(20-38)49-22-27-30(33(45)43(27)31)40-32(44)29(42-47-4)26-21-50-35(39-26)41-37(23-14-8-5-9-15-23,24-16-10-6-11-17-24)25-18-12-7-13-19-25/h5-19,21,27,30H,22H2,1-4H3,(H,39,41)(H,40,44)/b42-29-. The largest absolute Gasteiger partial charge is 0.455 e. The molecule has 4 aromatic rings. The molecule has 1 aromatic heterocycles. The van der Waals surface area contributed by atoms with Crippen LogP contribution in [-0.2, 0) is 29.5 Å². The molecule has 254 valence electrons. The first-order valence-electron chi connectivity index (χ1n) is 15.7. The average molecular weight is 707 g/mol. The Labute approximate surface area is 298 Å². The summed E-state index contributed by atoms with van der Waals surface area (Å²) in [4.78, 5) is 51.3. The molecular weight excluding hydrogens is 673 g/mol. The fraction of sp³-hybridized carbons (Fsp3) is 0.243. The molecule has 50 heavy (non-hydrogen) atoms. The average Bonchev–Trinajstić information content (AvgIpc) is 3.59. The lowest BCUT2D eigenvalue weighted by molar-refractivity contribution is -0.160. The number of aromatic nitrogens is 1. The van der Waals surface area contributed by atoms with E-state index in [2.05, 4.69) is 52.2 Å². The van der Waals surface area contributed by atoms with Crippen molar-refractivity contribution < 1.29 is 24.0 Å². The number of anilines is 1. The number of oxime groups is 1. The minimum atomic E-state index is -0.965. The van der Waals surface area contributed by atoms with Crippen LogP contribution in [0.1, 0.15) is 43.2 Å². The molecule has 2 aliphatic heterocycles. The van der Waals surface area contributed by atoms with Crippen molar-refractivity contribution in [2.75, 3.05) is 18.2 Å². The van der Waals surface area contributed by atoms with Crippen molar-refractivity contribution in [2.24, 2.45) is 5.16 Å². The van der Waals surface area contributed by atoms with Crippen LogP contribution in [0, 0.1) is 11.3 Å². The van der Waals surface area contributed by atoms with E-state index in [4.69, 9.17) is 14.6 Å². The number of amides is 2. The number of esters is 1. The lowest BCUT2D eigenvalue weighted by atomic mass is 9.77. The van der Waals surface area contributed by atoms with Gasteiger partial charge in [-0.2, -0.15) is 5.26 Å². The summed E-state index contributed by atoms with van der Waals surface area (Å²) in [6.45, 7) is 5.10. The monoisotopic (exact) mass is 706 g/mol. The zero-order valence-electron chi connectivity index (χ0n) is 27.7. The maximum atomic E-state index is 13.7. The van der Waals surface area contributed by atoms with E-state index in [1.807, 2.05) is 60.7 Å². The first-order valence-corrected chi connectivity index (χ1v) is 17.6. The highest BCUT2D eigenvalue weighted by Crippen LogP contribution is 2.41. The smallest absolute Gasteiger partial charge is 0.357 e. The van der Waals surface area contributed by atoms with Crippen molar-refractivity contribution in [1.29, 1.82) is 5.26 Å². The molecule has 3 aromatic carbocycles. The number of rotatable bonds is 10. The molecule has 0 bridgehead atoms. The van der Waals surface area contributed by atoms with Gasteiger partial charge in [-0.15, -0.1) is 23.1 Å². The van der Waals surface area contributed by atoms with Gasteiger partial charge in [0.25, 0.3) is 11.8 Å². The molecule has 2 aliphatic rings. The fourth-order valence-electron chi connectivity index (χ4n) is 5.99. The Kier molecular flexibility index (Phi) is 9.76. The van der Waals surface area contributed by atoms with E-state index in [1.54, 1.807) is 26.2 Å². The summed E-state index contributed by atoms with van der Waals surface area (Å²) in [5.41, 5.74) is 1.26. The second-order valence-electron chi connectivity index (χ2n) is 12.5. The highest BCUT2D eigenvalue weighted by Gasteiger charge is 2.55. The molecule has 0 spiro atoms. The van der Waals surface area contributed by atoms with E-state index in [0.29, 0.717) is 10.9 Å². The topological polar surface area (TPSA) is 146 Å². The number of hydrogen-bond donors (Lipinski definition) is 2. The maximum Gasteiger partial charge on any atom is 0.357 e. The zero-order chi connectivity index (χ0) is 35.5. The number of thioether (sulfide) groups is 1. The van der Waals surface area contributed by atoms with Crippen molar-refractivity contribution >= 4 is 51.7 Å². The number of fused-ring (bicyclic) bond motifs is 1. The Hall–Kier alpha value is -5.45. The molecular formula is C37H34N6O5S2. The molecule has 2 amide bonds. The molecule has 3 heterocycles. The summed E-state index contributed by atoms with van der Waals surface area (Å²) in [6.07, 6.45) is 0. The third kappa shape index (κ3) is 6.59. The van der Waals surface area contributed by atoms with Gasteiger partial charge >= 0.3 is 5.97 Å². The Bertz CT molecular complexity index is 1910. The number of allylic oxidation sites excluding steroid dienone is 1. The number of carbonyl (C=O) groups excluding carboxylic acids is 3. The van der Waals surface area contributed by atoms with Gasteiger partial charge < -0.3 is 20.2 Å². The lowest BCUT2D eigenvalue weighted by Gasteiger charge is -2.49. The number of benzene rings is 3. The van der Waals surface area contributed by atoms with Crippen molar-refractivity contribution in [3.8, 4) is 6.07 Å². The van der Waals surface area contributed by atoms with Gasteiger partial charge in [0.1, 0.15) is 41.0 Å². The molecule has 2 N–H and O–H groups in total. The van der Waals surface area contributed by atoms with Crippen LogP contribution in [0.25, 0.3) is 0 Å². The maximum absolute atomic E-state index is 13.7. The number of hydrogen-bond acceptors (Lipinski definition) is 11. The van der Waals surface area contributed by atoms with Crippen LogP contribution in [0.5, 0.6) is 0 Å². The van der Waals surface area contributed by atoms with E-state index in [0.717, 1.165) is 28.5 Å². The van der Waals surface area contributed by atoms with E-state index in [9.17, 15) is 19.6 Å². The van der Waals surface area contributed by atoms with Gasteiger partial charge in [0.05, 0.1) is 6.04 Å². The molecule has 2 unspecified atom stereocenters. The quantitative estimate of drug-likeness (QED) is 0.0726. The Morgan fingerprint density at radius 3 is 2.02 bits per heavy atom. The number of thiazole rings is 1. The molecule has 2 atom stereocenters. The van der Waals surface area contributed by atoms with Gasteiger partial charge in [-0.25, -0.2) is 9.78 Å². The number of ether oxygens (including phenoxy) is 1. The van der Waals surface area contributed by atoms with Crippen molar-refractivity contribution in [3.63, 3.8) is 0 Å². The van der Waals surface area contributed by atoms with E-state index in [-0.39, 0.29) is 22.0 Å². The van der Waals surface area contributed by atoms with Crippen LogP contribution < -0.4 is 10.6 Å². The van der Waals surface area contributed by atoms with E-state index in [1.165, 1.54) is 23.3 Å². The molecule has 0 radical (unpaired) electrons.